The summed E-state index contributed by atoms with van der Waals surface area (Å²) in [6.45, 7) is 2.47. The Hall–Kier alpha value is -3.02. The highest BCUT2D eigenvalue weighted by atomic mass is 16.5. The van der Waals surface area contributed by atoms with Crippen molar-refractivity contribution in [2.75, 3.05) is 13.7 Å². The first kappa shape index (κ1) is 15.9. The molecule has 0 aliphatic rings. The van der Waals surface area contributed by atoms with Gasteiger partial charge in [0, 0.05) is 12.4 Å². The third kappa shape index (κ3) is 3.32. The van der Waals surface area contributed by atoms with Crippen LogP contribution >= 0.6 is 0 Å². The SMILES string of the molecule is CCOC(=O)c1cn2cccc(OCc3ccc(OC)cc3)c2n1. The number of nitrogens with zero attached hydrogens (tertiary/aromatic N) is 2. The Morgan fingerprint density at radius 1 is 1.21 bits per heavy atom. The molecule has 2 heterocycles. The minimum absolute atomic E-state index is 0.261. The van der Waals surface area contributed by atoms with Gasteiger partial charge in [-0.25, -0.2) is 9.78 Å². The Labute approximate surface area is 139 Å². The molecule has 2 aromatic heterocycles. The Kier molecular flexibility index (Phi) is 4.65. The van der Waals surface area contributed by atoms with Gasteiger partial charge in [-0.15, -0.1) is 0 Å². The maximum Gasteiger partial charge on any atom is 0.358 e. The minimum atomic E-state index is -0.442. The van der Waals surface area contributed by atoms with E-state index in [4.69, 9.17) is 14.2 Å². The highest BCUT2D eigenvalue weighted by Gasteiger charge is 2.14. The summed E-state index contributed by atoms with van der Waals surface area (Å²) in [7, 11) is 1.63. The molecule has 3 rings (SSSR count). The van der Waals surface area contributed by atoms with Crippen LogP contribution in [0.3, 0.4) is 0 Å². The lowest BCUT2D eigenvalue weighted by Crippen LogP contribution is -2.04. The molecule has 6 heteroatoms. The fourth-order valence-corrected chi connectivity index (χ4v) is 2.29. The van der Waals surface area contributed by atoms with Gasteiger partial charge in [0.05, 0.1) is 13.7 Å². The average Bonchev–Trinajstić information content (AvgIpc) is 3.05. The first-order valence-corrected chi connectivity index (χ1v) is 7.62. The van der Waals surface area contributed by atoms with Crippen LogP contribution in [-0.2, 0) is 11.3 Å². The van der Waals surface area contributed by atoms with E-state index in [1.54, 1.807) is 24.6 Å². The molecule has 0 amide bonds. The molecular weight excluding hydrogens is 308 g/mol. The van der Waals surface area contributed by atoms with E-state index < -0.39 is 5.97 Å². The molecule has 0 fully saturated rings. The summed E-state index contributed by atoms with van der Waals surface area (Å²) in [5.74, 6) is 0.958. The summed E-state index contributed by atoms with van der Waals surface area (Å²) in [5.41, 5.74) is 1.85. The number of ether oxygens (including phenoxy) is 3. The number of carbonyl (C=O) groups excluding carboxylic acids is 1. The molecular formula is C18H18N2O4. The number of esters is 1. The first-order chi connectivity index (χ1) is 11.7. The van der Waals surface area contributed by atoms with Crippen LogP contribution in [0.5, 0.6) is 11.5 Å². The van der Waals surface area contributed by atoms with Crippen molar-refractivity contribution >= 4 is 11.6 Å². The summed E-state index contributed by atoms with van der Waals surface area (Å²) < 4.78 is 17.7. The van der Waals surface area contributed by atoms with E-state index >= 15 is 0 Å². The fraction of sp³-hybridized carbons (Fsp3) is 0.222. The quantitative estimate of drug-likeness (QED) is 0.651. The van der Waals surface area contributed by atoms with E-state index in [0.717, 1.165) is 11.3 Å². The number of aromatic nitrogens is 2. The zero-order valence-corrected chi connectivity index (χ0v) is 13.6. The van der Waals surface area contributed by atoms with Crippen molar-refractivity contribution in [2.24, 2.45) is 0 Å². The van der Waals surface area contributed by atoms with Crippen molar-refractivity contribution in [3.8, 4) is 11.5 Å². The van der Waals surface area contributed by atoms with E-state index in [-0.39, 0.29) is 5.69 Å². The van der Waals surface area contributed by atoms with Gasteiger partial charge in [0.15, 0.2) is 17.1 Å². The molecule has 6 nitrogen and oxygen atoms in total. The van der Waals surface area contributed by atoms with E-state index in [1.807, 2.05) is 42.6 Å². The number of rotatable bonds is 6. The van der Waals surface area contributed by atoms with E-state index in [2.05, 4.69) is 4.98 Å². The van der Waals surface area contributed by atoms with Crippen LogP contribution in [0.4, 0.5) is 0 Å². The standard InChI is InChI=1S/C18H18N2O4/c1-3-23-18(21)15-11-20-10-4-5-16(17(20)19-15)24-12-13-6-8-14(22-2)9-7-13/h4-11H,3,12H2,1-2H3. The van der Waals surface area contributed by atoms with Crippen LogP contribution in [0, 0.1) is 0 Å². The van der Waals surface area contributed by atoms with Crippen LogP contribution in [0.15, 0.2) is 48.8 Å². The van der Waals surface area contributed by atoms with Crippen LogP contribution in [-0.4, -0.2) is 29.1 Å². The van der Waals surface area contributed by atoms with Gasteiger partial charge in [-0.3, -0.25) is 0 Å². The predicted octanol–water partition coefficient (Wildman–Crippen LogP) is 3.10. The van der Waals surface area contributed by atoms with Crippen molar-refractivity contribution in [1.82, 2.24) is 9.38 Å². The number of carbonyl (C=O) groups is 1. The van der Waals surface area contributed by atoms with Crippen LogP contribution in [0.25, 0.3) is 5.65 Å². The van der Waals surface area contributed by atoms with Gasteiger partial charge in [-0.1, -0.05) is 12.1 Å². The summed E-state index contributed by atoms with van der Waals surface area (Å²) in [5, 5.41) is 0. The van der Waals surface area contributed by atoms with Gasteiger partial charge < -0.3 is 18.6 Å². The lowest BCUT2D eigenvalue weighted by atomic mass is 10.2. The summed E-state index contributed by atoms with van der Waals surface area (Å²) in [6.07, 6.45) is 3.44. The summed E-state index contributed by atoms with van der Waals surface area (Å²) in [4.78, 5) is 16.1. The molecule has 0 atom stereocenters. The van der Waals surface area contributed by atoms with Gasteiger partial charge in [-0.2, -0.15) is 0 Å². The number of pyridine rings is 1. The highest BCUT2D eigenvalue weighted by Crippen LogP contribution is 2.21. The topological polar surface area (TPSA) is 62.1 Å². The Balaban J connectivity index is 1.79. The number of imidazole rings is 1. The number of hydrogen-bond donors (Lipinski definition) is 0. The van der Waals surface area contributed by atoms with Gasteiger partial charge in [-0.05, 0) is 36.8 Å². The number of methoxy groups -OCH3 is 1. The molecule has 0 radical (unpaired) electrons. The van der Waals surface area contributed by atoms with Crippen molar-refractivity contribution in [1.29, 1.82) is 0 Å². The van der Waals surface area contributed by atoms with Gasteiger partial charge in [0.2, 0.25) is 0 Å². The molecule has 0 spiro atoms. The second-order valence-electron chi connectivity index (χ2n) is 5.09. The van der Waals surface area contributed by atoms with E-state index in [9.17, 15) is 4.79 Å². The second kappa shape index (κ2) is 7.04. The van der Waals surface area contributed by atoms with Gasteiger partial charge >= 0.3 is 5.97 Å². The zero-order chi connectivity index (χ0) is 16.9. The smallest absolute Gasteiger partial charge is 0.358 e. The highest BCUT2D eigenvalue weighted by molar-refractivity contribution is 5.88. The van der Waals surface area contributed by atoms with Gasteiger partial charge in [0.25, 0.3) is 0 Å². The first-order valence-electron chi connectivity index (χ1n) is 7.62. The summed E-state index contributed by atoms with van der Waals surface area (Å²) >= 11 is 0. The third-order valence-electron chi connectivity index (χ3n) is 3.48. The van der Waals surface area contributed by atoms with Crippen LogP contribution in [0.2, 0.25) is 0 Å². The maximum atomic E-state index is 11.8. The normalized spacial score (nSPS) is 10.6. The number of benzene rings is 1. The Morgan fingerprint density at radius 2 is 2.00 bits per heavy atom. The van der Waals surface area contributed by atoms with Gasteiger partial charge in [0.1, 0.15) is 12.4 Å². The number of fused-ring (bicyclic) bond motifs is 1. The largest absolute Gasteiger partial charge is 0.497 e. The lowest BCUT2D eigenvalue weighted by Gasteiger charge is -2.08. The Morgan fingerprint density at radius 3 is 2.71 bits per heavy atom. The maximum absolute atomic E-state index is 11.8. The molecule has 0 aliphatic carbocycles. The second-order valence-corrected chi connectivity index (χ2v) is 5.09. The Bertz CT molecular complexity index is 840. The molecule has 3 aromatic rings. The molecule has 1 aromatic carbocycles. The fourth-order valence-electron chi connectivity index (χ4n) is 2.29. The lowest BCUT2D eigenvalue weighted by molar-refractivity contribution is 0.0520. The predicted molar refractivity (Wildman–Crippen MR) is 88.5 cm³/mol. The molecule has 24 heavy (non-hydrogen) atoms. The number of hydrogen-bond acceptors (Lipinski definition) is 5. The van der Waals surface area contributed by atoms with Crippen LogP contribution < -0.4 is 9.47 Å². The zero-order valence-electron chi connectivity index (χ0n) is 13.6. The average molecular weight is 326 g/mol. The molecule has 0 unspecified atom stereocenters. The third-order valence-corrected chi connectivity index (χ3v) is 3.48. The van der Waals surface area contributed by atoms with E-state index in [0.29, 0.717) is 24.6 Å². The van der Waals surface area contributed by atoms with E-state index in [1.165, 1.54) is 0 Å². The monoisotopic (exact) mass is 326 g/mol. The molecule has 0 aliphatic heterocycles. The van der Waals surface area contributed by atoms with Crippen LogP contribution in [0.1, 0.15) is 23.0 Å². The van der Waals surface area contributed by atoms with Crippen molar-refractivity contribution in [3.05, 3.63) is 60.0 Å². The molecule has 0 saturated heterocycles. The van der Waals surface area contributed by atoms with Crippen molar-refractivity contribution in [3.63, 3.8) is 0 Å². The molecule has 0 N–H and O–H groups in total. The van der Waals surface area contributed by atoms with Crippen molar-refractivity contribution < 1.29 is 19.0 Å². The summed E-state index contributed by atoms with van der Waals surface area (Å²) in [6, 6.07) is 11.3. The minimum Gasteiger partial charge on any atom is -0.497 e. The van der Waals surface area contributed by atoms with Crippen molar-refractivity contribution in [2.45, 2.75) is 13.5 Å². The molecule has 0 bridgehead atoms. The molecule has 0 saturated carbocycles. The molecule has 124 valence electrons.